The van der Waals surface area contributed by atoms with Crippen LogP contribution in [0.2, 0.25) is 0 Å². The molecule has 1 unspecified atom stereocenters. The van der Waals surface area contributed by atoms with Gasteiger partial charge in [0, 0.05) is 24.9 Å². The average Bonchev–Trinajstić information content (AvgIpc) is 2.75. The van der Waals surface area contributed by atoms with Crippen LogP contribution in [0, 0.1) is 5.92 Å². The number of likely N-dealkylation sites (tertiary alicyclic amines) is 1. The van der Waals surface area contributed by atoms with Crippen LogP contribution < -0.4 is 0 Å². The van der Waals surface area contributed by atoms with Crippen molar-refractivity contribution >= 4 is 11.7 Å². The Balaban J connectivity index is 1.94. The maximum Gasteiger partial charge on any atom is 0.225 e. The Morgan fingerprint density at radius 1 is 0.947 bits per heavy atom. The van der Waals surface area contributed by atoms with Gasteiger partial charge in [0.1, 0.15) is 5.78 Å². The lowest BCUT2D eigenvalue weighted by Gasteiger charge is -2.29. The van der Waals surface area contributed by atoms with Crippen molar-refractivity contribution < 1.29 is 9.59 Å². The average molecular weight is 265 g/mol. The Hall–Kier alpha value is -0.860. The SMILES string of the molecule is CC(=O)CC1CCCN1C(=O)C1CCCCCCC1. The fourth-order valence-electron chi connectivity index (χ4n) is 3.61. The molecule has 0 aromatic rings. The summed E-state index contributed by atoms with van der Waals surface area (Å²) in [5.41, 5.74) is 0. The predicted molar refractivity (Wildman–Crippen MR) is 75.8 cm³/mol. The van der Waals surface area contributed by atoms with E-state index in [1.807, 2.05) is 4.90 Å². The number of hydrogen-bond acceptors (Lipinski definition) is 2. The van der Waals surface area contributed by atoms with E-state index >= 15 is 0 Å². The van der Waals surface area contributed by atoms with Gasteiger partial charge in [-0.3, -0.25) is 9.59 Å². The molecular formula is C16H27NO2. The van der Waals surface area contributed by atoms with Crippen LogP contribution in [0.5, 0.6) is 0 Å². The molecule has 0 aromatic carbocycles. The molecule has 1 aliphatic heterocycles. The quantitative estimate of drug-likeness (QED) is 0.785. The fourth-order valence-corrected chi connectivity index (χ4v) is 3.61. The Kier molecular flexibility index (Phi) is 5.41. The third kappa shape index (κ3) is 4.05. The van der Waals surface area contributed by atoms with Gasteiger partial charge in [-0.25, -0.2) is 0 Å². The Labute approximate surface area is 116 Å². The molecule has 0 spiro atoms. The third-order valence-corrected chi connectivity index (χ3v) is 4.64. The van der Waals surface area contributed by atoms with Crippen molar-refractivity contribution in [2.75, 3.05) is 6.54 Å². The molecule has 108 valence electrons. The van der Waals surface area contributed by atoms with Gasteiger partial charge in [-0.1, -0.05) is 32.1 Å². The molecule has 2 aliphatic rings. The second-order valence-electron chi connectivity index (χ2n) is 6.28. The summed E-state index contributed by atoms with van der Waals surface area (Å²) in [4.78, 5) is 26.0. The van der Waals surface area contributed by atoms with Crippen LogP contribution in [-0.4, -0.2) is 29.2 Å². The largest absolute Gasteiger partial charge is 0.339 e. The normalized spacial score (nSPS) is 25.9. The van der Waals surface area contributed by atoms with Crippen LogP contribution in [0.1, 0.15) is 71.1 Å². The maximum atomic E-state index is 12.7. The second kappa shape index (κ2) is 7.06. The van der Waals surface area contributed by atoms with E-state index < -0.39 is 0 Å². The lowest BCUT2D eigenvalue weighted by molar-refractivity contribution is -0.137. The lowest BCUT2D eigenvalue weighted by Crippen LogP contribution is -2.40. The van der Waals surface area contributed by atoms with Crippen LogP contribution in [0.25, 0.3) is 0 Å². The molecule has 2 rings (SSSR count). The molecule has 19 heavy (non-hydrogen) atoms. The van der Waals surface area contributed by atoms with Crippen molar-refractivity contribution in [2.45, 2.75) is 77.2 Å². The Morgan fingerprint density at radius 3 is 2.21 bits per heavy atom. The molecule has 0 bridgehead atoms. The van der Waals surface area contributed by atoms with Crippen LogP contribution >= 0.6 is 0 Å². The summed E-state index contributed by atoms with van der Waals surface area (Å²) in [6.45, 7) is 2.50. The first kappa shape index (κ1) is 14.5. The summed E-state index contributed by atoms with van der Waals surface area (Å²) >= 11 is 0. The minimum absolute atomic E-state index is 0.190. The van der Waals surface area contributed by atoms with Crippen LogP contribution in [0.4, 0.5) is 0 Å². The molecule has 0 radical (unpaired) electrons. The topological polar surface area (TPSA) is 37.4 Å². The number of ketones is 1. The highest BCUT2D eigenvalue weighted by Crippen LogP contribution is 2.28. The number of hydrogen-bond donors (Lipinski definition) is 0. The summed E-state index contributed by atoms with van der Waals surface area (Å²) in [6.07, 6.45) is 11.0. The smallest absolute Gasteiger partial charge is 0.225 e. The monoisotopic (exact) mass is 265 g/mol. The van der Waals surface area contributed by atoms with Gasteiger partial charge in [0.2, 0.25) is 5.91 Å². The standard InChI is InChI=1S/C16H27NO2/c1-13(18)12-15-10-7-11-17(15)16(19)14-8-5-3-2-4-6-9-14/h14-15H,2-12H2,1H3. The second-order valence-corrected chi connectivity index (χ2v) is 6.28. The zero-order valence-electron chi connectivity index (χ0n) is 12.2. The van der Waals surface area contributed by atoms with Gasteiger partial charge in [0.05, 0.1) is 0 Å². The number of carbonyl (C=O) groups is 2. The molecule has 1 aliphatic carbocycles. The zero-order chi connectivity index (χ0) is 13.7. The van der Waals surface area contributed by atoms with Crippen molar-refractivity contribution in [3.8, 4) is 0 Å². The zero-order valence-corrected chi connectivity index (χ0v) is 12.2. The van der Waals surface area contributed by atoms with Crippen molar-refractivity contribution in [1.82, 2.24) is 4.90 Å². The molecule has 1 atom stereocenters. The van der Waals surface area contributed by atoms with E-state index in [2.05, 4.69) is 0 Å². The van der Waals surface area contributed by atoms with Gasteiger partial charge >= 0.3 is 0 Å². The van der Waals surface area contributed by atoms with E-state index in [4.69, 9.17) is 0 Å². The molecule has 2 fully saturated rings. The van der Waals surface area contributed by atoms with E-state index in [-0.39, 0.29) is 17.7 Å². The summed E-state index contributed by atoms with van der Waals surface area (Å²) in [6, 6.07) is 0.190. The van der Waals surface area contributed by atoms with Crippen LogP contribution in [0.15, 0.2) is 0 Å². The van der Waals surface area contributed by atoms with E-state index in [1.54, 1.807) is 6.92 Å². The van der Waals surface area contributed by atoms with Gasteiger partial charge in [0.15, 0.2) is 0 Å². The van der Waals surface area contributed by atoms with Crippen LogP contribution in [0.3, 0.4) is 0 Å². The highest BCUT2D eigenvalue weighted by Gasteiger charge is 2.33. The van der Waals surface area contributed by atoms with Crippen molar-refractivity contribution in [1.29, 1.82) is 0 Å². The number of Topliss-reactive ketones (excluding diaryl/α,β-unsaturated/α-hetero) is 1. The number of nitrogens with zero attached hydrogens (tertiary/aromatic N) is 1. The summed E-state index contributed by atoms with van der Waals surface area (Å²) in [5.74, 6) is 0.779. The summed E-state index contributed by atoms with van der Waals surface area (Å²) in [5, 5.41) is 0. The van der Waals surface area contributed by atoms with E-state index in [0.717, 1.165) is 32.2 Å². The maximum absolute atomic E-state index is 12.7. The minimum atomic E-state index is 0.190. The molecule has 0 N–H and O–H groups in total. The lowest BCUT2D eigenvalue weighted by atomic mass is 9.90. The Bertz CT molecular complexity index is 319. The number of rotatable bonds is 3. The van der Waals surface area contributed by atoms with Gasteiger partial charge < -0.3 is 4.90 Å². The van der Waals surface area contributed by atoms with Crippen molar-refractivity contribution in [2.24, 2.45) is 5.92 Å². The molecule has 1 heterocycles. The third-order valence-electron chi connectivity index (χ3n) is 4.64. The fraction of sp³-hybridized carbons (Fsp3) is 0.875. The van der Waals surface area contributed by atoms with E-state index in [0.29, 0.717) is 12.3 Å². The molecule has 1 amide bonds. The van der Waals surface area contributed by atoms with Gasteiger partial charge in [-0.15, -0.1) is 0 Å². The highest BCUT2D eigenvalue weighted by molar-refractivity contribution is 5.81. The van der Waals surface area contributed by atoms with Gasteiger partial charge in [-0.2, -0.15) is 0 Å². The number of carbonyl (C=O) groups excluding carboxylic acids is 2. The molecule has 1 saturated carbocycles. The molecule has 0 aromatic heterocycles. The van der Waals surface area contributed by atoms with E-state index in [1.165, 1.54) is 32.1 Å². The molecular weight excluding hydrogens is 238 g/mol. The summed E-state index contributed by atoms with van der Waals surface area (Å²) in [7, 11) is 0. The Morgan fingerprint density at radius 2 is 1.58 bits per heavy atom. The highest BCUT2D eigenvalue weighted by atomic mass is 16.2. The molecule has 1 saturated heterocycles. The minimum Gasteiger partial charge on any atom is -0.339 e. The molecule has 3 nitrogen and oxygen atoms in total. The van der Waals surface area contributed by atoms with Crippen molar-refractivity contribution in [3.63, 3.8) is 0 Å². The first-order valence-corrected chi connectivity index (χ1v) is 7.98. The van der Waals surface area contributed by atoms with E-state index in [9.17, 15) is 9.59 Å². The molecule has 3 heteroatoms. The summed E-state index contributed by atoms with van der Waals surface area (Å²) < 4.78 is 0. The van der Waals surface area contributed by atoms with Crippen LogP contribution in [-0.2, 0) is 9.59 Å². The first-order chi connectivity index (χ1) is 9.18. The number of amides is 1. The van der Waals surface area contributed by atoms with Gasteiger partial charge in [-0.05, 0) is 32.6 Å². The first-order valence-electron chi connectivity index (χ1n) is 7.98. The van der Waals surface area contributed by atoms with Crippen molar-refractivity contribution in [3.05, 3.63) is 0 Å². The predicted octanol–water partition coefficient (Wildman–Crippen LogP) is 3.32. The van der Waals surface area contributed by atoms with Gasteiger partial charge in [0.25, 0.3) is 0 Å².